The molecule has 0 saturated carbocycles. The van der Waals surface area contributed by atoms with Crippen LogP contribution in [-0.4, -0.2) is 30.9 Å². The Balaban J connectivity index is 8.22. The topological polar surface area (TPSA) is 0 Å². The van der Waals surface area contributed by atoms with Gasteiger partial charge in [-0.05, 0) is 0 Å². The van der Waals surface area contributed by atoms with Gasteiger partial charge in [0, 0.05) is 0 Å². The normalized spacial score (nSPS) is 18.6. The average molecular weight is 584 g/mol. The van der Waals surface area contributed by atoms with E-state index in [0.717, 1.165) is 0 Å². The summed E-state index contributed by atoms with van der Waals surface area (Å²) in [6.45, 7) is 44.2. The molecule has 0 radical (unpaired) electrons. The van der Waals surface area contributed by atoms with Gasteiger partial charge in [0.15, 0.2) is 0 Å². The molecule has 0 spiro atoms. The second-order valence-electron chi connectivity index (χ2n) is 15.1. The number of halogens is 2. The van der Waals surface area contributed by atoms with Gasteiger partial charge in [0.2, 0.25) is 0 Å². The summed E-state index contributed by atoms with van der Waals surface area (Å²) in [5.74, 6) is 0. The molecule has 0 aromatic heterocycles. The van der Waals surface area contributed by atoms with Crippen LogP contribution in [0.3, 0.4) is 0 Å². The number of hydrogen-bond donors (Lipinski definition) is 0. The zero-order valence-corrected chi connectivity index (χ0v) is 28.1. The van der Waals surface area contributed by atoms with E-state index in [4.69, 9.17) is 19.1 Å². The van der Waals surface area contributed by atoms with E-state index in [1.165, 1.54) is 0 Å². The first-order valence-corrected chi connectivity index (χ1v) is 23.4. The van der Waals surface area contributed by atoms with Crippen LogP contribution in [0, 0.1) is 0 Å². The standard InChI is InChI=1S/2C12H27P.2ClH.Pd/c2*1-10(2,3)13(11(4,5)6)12(7,8)9;;;/h2*1-9H3;2*1H;/q;;;;-2. The van der Waals surface area contributed by atoms with Crippen LogP contribution in [0.25, 0.3) is 0 Å². The molecule has 0 N–H and O–H groups in total. The van der Waals surface area contributed by atoms with Crippen LogP contribution in [0.5, 0.6) is 0 Å². The summed E-state index contributed by atoms with van der Waals surface area (Å²) in [6.07, 6.45) is 0. The molecular formula is C24H56Cl2P2Pd-2. The Morgan fingerprint density at radius 2 is 0.448 bits per heavy atom. The van der Waals surface area contributed by atoms with Crippen molar-refractivity contribution < 1.29 is 12.5 Å². The van der Waals surface area contributed by atoms with E-state index >= 15 is 0 Å². The molecule has 0 nitrogen and oxygen atoms in total. The van der Waals surface area contributed by atoms with Crippen molar-refractivity contribution in [1.82, 2.24) is 0 Å². The molecule has 0 aromatic rings. The van der Waals surface area contributed by atoms with Crippen LogP contribution in [0.15, 0.2) is 0 Å². The molecule has 0 saturated heterocycles. The van der Waals surface area contributed by atoms with Gasteiger partial charge >= 0.3 is 198 Å². The van der Waals surface area contributed by atoms with Crippen molar-refractivity contribution in [2.24, 2.45) is 0 Å². The van der Waals surface area contributed by atoms with Crippen LogP contribution in [-0.2, 0) is 12.5 Å². The zero-order chi connectivity index (χ0) is 24.5. The fourth-order valence-electron chi connectivity index (χ4n) is 8.72. The van der Waals surface area contributed by atoms with Crippen molar-refractivity contribution in [1.29, 1.82) is 0 Å². The van der Waals surface area contributed by atoms with Crippen molar-refractivity contribution >= 4 is 30.0 Å². The monoisotopic (exact) mass is 582 g/mol. The molecule has 0 rings (SSSR count). The second kappa shape index (κ2) is 8.10. The van der Waals surface area contributed by atoms with Crippen molar-refractivity contribution in [2.75, 3.05) is 0 Å². The summed E-state index contributed by atoms with van der Waals surface area (Å²) in [4.78, 5) is 0. The molecule has 5 heteroatoms. The molecule has 29 heavy (non-hydrogen) atoms. The summed E-state index contributed by atoms with van der Waals surface area (Å²) < 4.78 is 0. The van der Waals surface area contributed by atoms with E-state index in [-0.39, 0.29) is 30.9 Å². The molecule has 0 heterocycles. The molecule has 0 aliphatic carbocycles. The Morgan fingerprint density at radius 3 is 0.517 bits per heavy atom. The van der Waals surface area contributed by atoms with E-state index in [9.17, 15) is 0 Å². The summed E-state index contributed by atoms with van der Waals surface area (Å²) in [5, 5.41) is 0.608. The van der Waals surface area contributed by atoms with E-state index in [2.05, 4.69) is 125 Å². The molecule has 0 bridgehead atoms. The van der Waals surface area contributed by atoms with Crippen molar-refractivity contribution in [2.45, 2.75) is 156 Å². The van der Waals surface area contributed by atoms with Gasteiger partial charge in [0.05, 0.1) is 0 Å². The maximum absolute atomic E-state index is 8.33. The van der Waals surface area contributed by atoms with Gasteiger partial charge in [-0.2, -0.15) is 0 Å². The summed E-state index contributed by atoms with van der Waals surface area (Å²) in [7, 11) is 16.7. The van der Waals surface area contributed by atoms with Gasteiger partial charge in [-0.3, -0.25) is 0 Å². The van der Waals surface area contributed by atoms with E-state index in [1.807, 2.05) is 0 Å². The Labute approximate surface area is 197 Å². The van der Waals surface area contributed by atoms with Gasteiger partial charge in [-0.15, -0.1) is 0 Å². The molecule has 188 valence electrons. The van der Waals surface area contributed by atoms with E-state index in [1.54, 1.807) is 0 Å². The summed E-state index contributed by atoms with van der Waals surface area (Å²) in [6, 6.07) is 0. The zero-order valence-electron chi connectivity index (χ0n) is 23.1. The van der Waals surface area contributed by atoms with Crippen molar-refractivity contribution in [3.05, 3.63) is 0 Å². The third-order valence-corrected chi connectivity index (χ3v) is 70.5. The first kappa shape index (κ1) is 31.1. The van der Waals surface area contributed by atoms with Crippen LogP contribution >= 0.6 is 30.0 Å². The third kappa shape index (κ3) is 4.33. The fraction of sp³-hybridized carbons (Fsp3) is 1.00. The van der Waals surface area contributed by atoms with Crippen LogP contribution in [0.2, 0.25) is 0 Å². The minimum atomic E-state index is -3.02. The van der Waals surface area contributed by atoms with Gasteiger partial charge in [0.1, 0.15) is 0 Å². The molecule has 0 amide bonds. The van der Waals surface area contributed by atoms with Gasteiger partial charge in [0.25, 0.3) is 0 Å². The Kier molecular flexibility index (Phi) is 8.69. The first-order valence-electron chi connectivity index (χ1n) is 11.1. The van der Waals surface area contributed by atoms with Gasteiger partial charge < -0.3 is 0 Å². The predicted molar refractivity (Wildman–Crippen MR) is 147 cm³/mol. The SMILES string of the molecule is CC(C)(C)[PH](C(C)(C)C)(C(C)(C)C)[Pd-2]([Cl])([Cl])[PH](C(C)(C)C)(C(C)(C)C)C(C)(C)C. The molecule has 0 atom stereocenters. The van der Waals surface area contributed by atoms with Crippen LogP contribution < -0.4 is 0 Å². The van der Waals surface area contributed by atoms with E-state index < -0.39 is 23.4 Å². The quantitative estimate of drug-likeness (QED) is 0.224. The fourth-order valence-corrected chi connectivity index (χ4v) is 125. The Morgan fingerprint density at radius 1 is 0.345 bits per heavy atom. The molecule has 0 aliphatic rings. The van der Waals surface area contributed by atoms with Crippen LogP contribution in [0.4, 0.5) is 0 Å². The molecule has 0 fully saturated rings. The molecule has 0 aliphatic heterocycles. The predicted octanol–water partition coefficient (Wildman–Crippen LogP) is 10.6. The Bertz CT molecular complexity index is 459. The molecule has 0 unspecified atom stereocenters. The first-order chi connectivity index (χ1) is 12.0. The van der Waals surface area contributed by atoms with Crippen molar-refractivity contribution in [3.8, 4) is 0 Å². The van der Waals surface area contributed by atoms with Gasteiger partial charge in [-0.1, -0.05) is 0 Å². The molecule has 0 aromatic carbocycles. The second-order valence-corrected chi connectivity index (χ2v) is 52.5. The van der Waals surface area contributed by atoms with Crippen molar-refractivity contribution in [3.63, 3.8) is 0 Å². The van der Waals surface area contributed by atoms with Gasteiger partial charge in [-0.25, -0.2) is 0 Å². The summed E-state index contributed by atoms with van der Waals surface area (Å²) >= 11 is -3.02. The third-order valence-electron chi connectivity index (χ3n) is 6.52. The maximum atomic E-state index is 8.33. The van der Waals surface area contributed by atoms with Crippen LogP contribution in [0.1, 0.15) is 125 Å². The number of rotatable bonds is 2. The Hall–Kier alpha value is 2.10. The van der Waals surface area contributed by atoms with E-state index in [0.29, 0.717) is 0 Å². The minimum absolute atomic E-state index is 0.101. The average Bonchev–Trinajstić information content (AvgIpc) is 2.12. The summed E-state index contributed by atoms with van der Waals surface area (Å²) in [5.41, 5.74) is -4.70. The number of hydrogen-bond acceptors (Lipinski definition) is 0. The molecular weight excluding hydrogens is 528 g/mol.